The van der Waals surface area contributed by atoms with Gasteiger partial charge in [0.25, 0.3) is 0 Å². The number of hydrogen-bond acceptors (Lipinski definition) is 2. The zero-order valence-corrected chi connectivity index (χ0v) is 11.0. The van der Waals surface area contributed by atoms with Crippen LogP contribution in [0.15, 0.2) is 42.5 Å². The minimum absolute atomic E-state index is 0.819. The normalized spacial score (nSPS) is 10.3. The van der Waals surface area contributed by atoms with Crippen LogP contribution in [0.5, 0.6) is 0 Å². The Bertz CT molecular complexity index is 512. The van der Waals surface area contributed by atoms with Crippen molar-refractivity contribution in [1.29, 1.82) is 0 Å². The van der Waals surface area contributed by atoms with Gasteiger partial charge in [0.05, 0.1) is 11.4 Å². The summed E-state index contributed by atoms with van der Waals surface area (Å²) in [6.45, 7) is 5.13. The molecule has 0 spiro atoms. The summed E-state index contributed by atoms with van der Waals surface area (Å²) in [7, 11) is 0. The standard InChI is InChI=1S/C16H20N2/c1-12-6-3-4-8-14(12)10-11-18-16-13(2)7-5-9-15(16)17/h3-9,18H,10-11,17H2,1-2H3. The van der Waals surface area contributed by atoms with Gasteiger partial charge in [-0.25, -0.2) is 0 Å². The van der Waals surface area contributed by atoms with Crippen molar-refractivity contribution in [2.75, 3.05) is 17.6 Å². The molecular weight excluding hydrogens is 220 g/mol. The number of anilines is 2. The number of rotatable bonds is 4. The van der Waals surface area contributed by atoms with E-state index in [-0.39, 0.29) is 0 Å². The monoisotopic (exact) mass is 240 g/mol. The molecule has 0 bridgehead atoms. The molecule has 0 amide bonds. The molecule has 0 saturated heterocycles. The number of nitrogens with one attached hydrogen (secondary N) is 1. The molecule has 0 atom stereocenters. The highest BCUT2D eigenvalue weighted by atomic mass is 14.9. The Hall–Kier alpha value is -1.96. The van der Waals surface area contributed by atoms with Crippen molar-refractivity contribution in [3.05, 3.63) is 59.2 Å². The number of aryl methyl sites for hydroxylation is 2. The minimum atomic E-state index is 0.819. The predicted octanol–water partition coefficient (Wildman–Crippen LogP) is 3.54. The molecule has 0 saturated carbocycles. The lowest BCUT2D eigenvalue weighted by Crippen LogP contribution is -2.08. The summed E-state index contributed by atoms with van der Waals surface area (Å²) in [5, 5.41) is 3.43. The van der Waals surface area contributed by atoms with E-state index in [2.05, 4.69) is 49.5 Å². The quantitative estimate of drug-likeness (QED) is 0.802. The molecule has 0 aliphatic heterocycles. The van der Waals surface area contributed by atoms with Gasteiger partial charge in [0.2, 0.25) is 0 Å². The van der Waals surface area contributed by atoms with Crippen LogP contribution in [0.25, 0.3) is 0 Å². The first-order chi connectivity index (χ1) is 8.68. The van der Waals surface area contributed by atoms with Gasteiger partial charge < -0.3 is 11.1 Å². The molecular formula is C16H20N2. The summed E-state index contributed by atoms with van der Waals surface area (Å²) in [5.41, 5.74) is 11.8. The van der Waals surface area contributed by atoms with Crippen molar-refractivity contribution in [3.63, 3.8) is 0 Å². The Morgan fingerprint density at radius 1 is 0.944 bits per heavy atom. The molecule has 2 nitrogen and oxygen atoms in total. The van der Waals surface area contributed by atoms with Gasteiger partial charge in [0, 0.05) is 6.54 Å². The lowest BCUT2D eigenvalue weighted by molar-refractivity contribution is 1.00. The fourth-order valence-corrected chi connectivity index (χ4v) is 2.14. The smallest absolute Gasteiger partial charge is 0.0603 e. The average molecular weight is 240 g/mol. The highest BCUT2D eigenvalue weighted by molar-refractivity contribution is 5.69. The summed E-state index contributed by atoms with van der Waals surface area (Å²) in [5.74, 6) is 0. The van der Waals surface area contributed by atoms with Crippen LogP contribution in [0, 0.1) is 13.8 Å². The van der Waals surface area contributed by atoms with E-state index in [4.69, 9.17) is 5.73 Å². The van der Waals surface area contributed by atoms with Crippen LogP contribution in [0.3, 0.4) is 0 Å². The van der Waals surface area contributed by atoms with Crippen molar-refractivity contribution in [3.8, 4) is 0 Å². The molecule has 2 aromatic carbocycles. The third-order valence-corrected chi connectivity index (χ3v) is 3.26. The fourth-order valence-electron chi connectivity index (χ4n) is 2.14. The first-order valence-corrected chi connectivity index (χ1v) is 6.32. The third kappa shape index (κ3) is 2.83. The second kappa shape index (κ2) is 5.58. The van der Waals surface area contributed by atoms with Crippen LogP contribution >= 0.6 is 0 Å². The van der Waals surface area contributed by atoms with E-state index < -0.39 is 0 Å². The fraction of sp³-hybridized carbons (Fsp3) is 0.250. The van der Waals surface area contributed by atoms with Crippen LogP contribution in [0.4, 0.5) is 11.4 Å². The van der Waals surface area contributed by atoms with E-state index in [0.29, 0.717) is 0 Å². The maximum Gasteiger partial charge on any atom is 0.0603 e. The topological polar surface area (TPSA) is 38.0 Å². The molecule has 0 unspecified atom stereocenters. The second-order valence-corrected chi connectivity index (χ2v) is 4.64. The SMILES string of the molecule is Cc1ccccc1CCNc1c(C)cccc1N. The van der Waals surface area contributed by atoms with Crippen molar-refractivity contribution < 1.29 is 0 Å². The van der Waals surface area contributed by atoms with Crippen molar-refractivity contribution in [1.82, 2.24) is 0 Å². The predicted molar refractivity (Wildman–Crippen MR) is 79.0 cm³/mol. The van der Waals surface area contributed by atoms with Crippen LogP contribution in [-0.4, -0.2) is 6.54 Å². The van der Waals surface area contributed by atoms with Gasteiger partial charge in [-0.2, -0.15) is 0 Å². The Labute approximate surface area is 109 Å². The number of benzene rings is 2. The first kappa shape index (κ1) is 12.5. The Morgan fingerprint density at radius 2 is 1.67 bits per heavy atom. The molecule has 94 valence electrons. The maximum absolute atomic E-state index is 5.97. The van der Waals surface area contributed by atoms with Crippen molar-refractivity contribution in [2.24, 2.45) is 0 Å². The molecule has 0 aromatic heterocycles. The summed E-state index contributed by atoms with van der Waals surface area (Å²) in [6, 6.07) is 14.5. The molecule has 18 heavy (non-hydrogen) atoms. The molecule has 0 aliphatic carbocycles. The number of nitrogens with two attached hydrogens (primary N) is 1. The van der Waals surface area contributed by atoms with Crippen molar-refractivity contribution >= 4 is 11.4 Å². The number of nitrogen functional groups attached to an aromatic ring is 1. The van der Waals surface area contributed by atoms with Gasteiger partial charge >= 0.3 is 0 Å². The van der Waals surface area contributed by atoms with E-state index >= 15 is 0 Å². The molecule has 2 rings (SSSR count). The Morgan fingerprint density at radius 3 is 2.39 bits per heavy atom. The lowest BCUT2D eigenvalue weighted by Gasteiger charge is -2.12. The zero-order valence-electron chi connectivity index (χ0n) is 11.0. The van der Waals surface area contributed by atoms with E-state index in [0.717, 1.165) is 24.3 Å². The third-order valence-electron chi connectivity index (χ3n) is 3.26. The maximum atomic E-state index is 5.97. The first-order valence-electron chi connectivity index (χ1n) is 6.32. The highest BCUT2D eigenvalue weighted by Gasteiger charge is 2.02. The van der Waals surface area contributed by atoms with Crippen molar-refractivity contribution in [2.45, 2.75) is 20.3 Å². The molecule has 0 aliphatic rings. The lowest BCUT2D eigenvalue weighted by atomic mass is 10.1. The van der Waals surface area contributed by atoms with E-state index in [9.17, 15) is 0 Å². The minimum Gasteiger partial charge on any atom is -0.397 e. The summed E-state index contributed by atoms with van der Waals surface area (Å²) < 4.78 is 0. The average Bonchev–Trinajstić information content (AvgIpc) is 2.35. The number of hydrogen-bond donors (Lipinski definition) is 2. The largest absolute Gasteiger partial charge is 0.397 e. The van der Waals surface area contributed by atoms with Gasteiger partial charge in [0.1, 0.15) is 0 Å². The second-order valence-electron chi connectivity index (χ2n) is 4.64. The zero-order chi connectivity index (χ0) is 13.0. The molecule has 0 fully saturated rings. The summed E-state index contributed by atoms with van der Waals surface area (Å²) in [4.78, 5) is 0. The van der Waals surface area contributed by atoms with Gasteiger partial charge in [-0.15, -0.1) is 0 Å². The molecule has 2 aromatic rings. The van der Waals surface area contributed by atoms with E-state index in [1.54, 1.807) is 0 Å². The Balaban J connectivity index is 1.99. The van der Waals surface area contributed by atoms with Crippen LogP contribution < -0.4 is 11.1 Å². The molecule has 2 heteroatoms. The number of para-hydroxylation sites is 1. The molecule has 0 heterocycles. The molecule has 3 N–H and O–H groups in total. The summed E-state index contributed by atoms with van der Waals surface area (Å²) >= 11 is 0. The van der Waals surface area contributed by atoms with Gasteiger partial charge in [-0.1, -0.05) is 36.4 Å². The summed E-state index contributed by atoms with van der Waals surface area (Å²) in [6.07, 6.45) is 1.01. The van der Waals surface area contributed by atoms with Gasteiger partial charge in [-0.05, 0) is 43.0 Å². The molecule has 0 radical (unpaired) electrons. The Kier molecular flexibility index (Phi) is 3.88. The van der Waals surface area contributed by atoms with Crippen LogP contribution in [0.2, 0.25) is 0 Å². The van der Waals surface area contributed by atoms with E-state index in [1.807, 2.05) is 12.1 Å². The highest BCUT2D eigenvalue weighted by Crippen LogP contribution is 2.22. The van der Waals surface area contributed by atoms with Crippen LogP contribution in [-0.2, 0) is 6.42 Å². The van der Waals surface area contributed by atoms with Gasteiger partial charge in [-0.3, -0.25) is 0 Å². The van der Waals surface area contributed by atoms with Crippen LogP contribution in [0.1, 0.15) is 16.7 Å². The van der Waals surface area contributed by atoms with E-state index in [1.165, 1.54) is 16.7 Å². The van der Waals surface area contributed by atoms with Gasteiger partial charge in [0.15, 0.2) is 0 Å².